The second-order valence-corrected chi connectivity index (χ2v) is 6.75. The van der Waals surface area contributed by atoms with E-state index in [0.717, 1.165) is 23.8 Å². The molecular formula is C15H28N2. The average molecular weight is 236 g/mol. The molecule has 2 atom stereocenters. The first-order valence-electron chi connectivity index (χ1n) is 7.77. The van der Waals surface area contributed by atoms with Crippen LogP contribution < -0.4 is 5.32 Å². The highest BCUT2D eigenvalue weighted by molar-refractivity contribution is 4.92. The Labute approximate surface area is 106 Å². The molecule has 1 N–H and O–H groups in total. The van der Waals surface area contributed by atoms with Crippen molar-refractivity contribution in [3.8, 4) is 0 Å². The second kappa shape index (κ2) is 5.27. The molecule has 1 saturated carbocycles. The first kappa shape index (κ1) is 12.0. The third-order valence-electron chi connectivity index (χ3n) is 5.42. The van der Waals surface area contributed by atoms with Gasteiger partial charge in [-0.3, -0.25) is 4.90 Å². The van der Waals surface area contributed by atoms with E-state index < -0.39 is 0 Å². The molecule has 2 heteroatoms. The first-order chi connectivity index (χ1) is 8.33. The zero-order valence-corrected chi connectivity index (χ0v) is 11.3. The first-order valence-corrected chi connectivity index (χ1v) is 7.77. The maximum absolute atomic E-state index is 3.60. The van der Waals surface area contributed by atoms with Gasteiger partial charge in [-0.15, -0.1) is 0 Å². The molecule has 0 aromatic carbocycles. The summed E-state index contributed by atoms with van der Waals surface area (Å²) in [6, 6.07) is 0.878. The van der Waals surface area contributed by atoms with Crippen molar-refractivity contribution in [1.29, 1.82) is 0 Å². The van der Waals surface area contributed by atoms with Gasteiger partial charge in [-0.2, -0.15) is 0 Å². The Balaban J connectivity index is 1.53. The lowest BCUT2D eigenvalue weighted by molar-refractivity contribution is 0.0912. The number of likely N-dealkylation sites (tertiary alicyclic amines) is 1. The van der Waals surface area contributed by atoms with Crippen LogP contribution in [0.2, 0.25) is 0 Å². The third kappa shape index (κ3) is 2.68. The topological polar surface area (TPSA) is 15.3 Å². The van der Waals surface area contributed by atoms with E-state index in [0.29, 0.717) is 0 Å². The third-order valence-corrected chi connectivity index (χ3v) is 5.42. The van der Waals surface area contributed by atoms with Crippen LogP contribution in [0.4, 0.5) is 0 Å². The quantitative estimate of drug-likeness (QED) is 0.792. The summed E-state index contributed by atoms with van der Waals surface area (Å²) in [4.78, 5) is 2.83. The van der Waals surface area contributed by atoms with Gasteiger partial charge in [0, 0.05) is 19.1 Å². The summed E-state index contributed by atoms with van der Waals surface area (Å²) >= 11 is 0. The zero-order chi connectivity index (χ0) is 11.7. The lowest BCUT2D eigenvalue weighted by Crippen LogP contribution is -2.47. The van der Waals surface area contributed by atoms with Crippen molar-refractivity contribution in [2.45, 2.75) is 51.5 Å². The zero-order valence-electron chi connectivity index (χ0n) is 11.3. The van der Waals surface area contributed by atoms with E-state index in [1.807, 2.05) is 0 Å². The van der Waals surface area contributed by atoms with Crippen molar-refractivity contribution in [3.05, 3.63) is 0 Å². The molecule has 17 heavy (non-hydrogen) atoms. The smallest absolute Gasteiger partial charge is 0.0261 e. The Morgan fingerprint density at radius 1 is 1.06 bits per heavy atom. The van der Waals surface area contributed by atoms with E-state index in [1.165, 1.54) is 64.7 Å². The molecule has 0 radical (unpaired) electrons. The van der Waals surface area contributed by atoms with Crippen molar-refractivity contribution < 1.29 is 0 Å². The molecule has 2 nitrogen and oxygen atoms in total. The van der Waals surface area contributed by atoms with E-state index in [4.69, 9.17) is 0 Å². The Morgan fingerprint density at radius 3 is 2.71 bits per heavy atom. The molecule has 0 aromatic rings. The Bertz CT molecular complexity index is 245. The summed E-state index contributed by atoms with van der Waals surface area (Å²) in [6.45, 7) is 7.73. The largest absolute Gasteiger partial charge is 0.315 e. The van der Waals surface area contributed by atoms with Crippen molar-refractivity contribution in [2.75, 3.05) is 26.2 Å². The molecule has 0 aromatic heterocycles. The molecule has 1 aliphatic carbocycles. The molecule has 3 fully saturated rings. The van der Waals surface area contributed by atoms with Gasteiger partial charge < -0.3 is 5.32 Å². The molecule has 2 unspecified atom stereocenters. The molecule has 2 heterocycles. The van der Waals surface area contributed by atoms with Gasteiger partial charge in [-0.25, -0.2) is 0 Å². The Hall–Kier alpha value is -0.0800. The number of fused-ring (bicyclic) bond motifs is 1. The Morgan fingerprint density at radius 2 is 1.88 bits per heavy atom. The molecule has 2 aliphatic heterocycles. The summed E-state index contributed by atoms with van der Waals surface area (Å²) in [6.07, 6.45) is 8.84. The van der Waals surface area contributed by atoms with Gasteiger partial charge in [0.1, 0.15) is 0 Å². The van der Waals surface area contributed by atoms with Crippen LogP contribution >= 0.6 is 0 Å². The maximum atomic E-state index is 3.60. The Kier molecular flexibility index (Phi) is 3.72. The van der Waals surface area contributed by atoms with Crippen LogP contribution in [-0.2, 0) is 0 Å². The maximum Gasteiger partial charge on any atom is 0.0261 e. The lowest BCUT2D eigenvalue weighted by atomic mass is 9.82. The van der Waals surface area contributed by atoms with Crippen LogP contribution in [0.5, 0.6) is 0 Å². The highest BCUT2D eigenvalue weighted by atomic mass is 15.2. The average Bonchev–Trinajstić information content (AvgIpc) is 2.81. The number of hydrogen-bond acceptors (Lipinski definition) is 2. The van der Waals surface area contributed by atoms with Gasteiger partial charge in [0.15, 0.2) is 0 Å². The minimum Gasteiger partial charge on any atom is -0.315 e. The van der Waals surface area contributed by atoms with Crippen LogP contribution in [0.3, 0.4) is 0 Å². The molecule has 3 aliphatic rings. The number of rotatable bonds is 2. The molecular weight excluding hydrogens is 208 g/mol. The lowest BCUT2D eigenvalue weighted by Gasteiger charge is -2.40. The van der Waals surface area contributed by atoms with Crippen molar-refractivity contribution >= 4 is 0 Å². The predicted octanol–water partition coefficient (Wildman–Crippen LogP) is 2.50. The van der Waals surface area contributed by atoms with Crippen LogP contribution in [0.15, 0.2) is 0 Å². The van der Waals surface area contributed by atoms with E-state index in [-0.39, 0.29) is 0 Å². The van der Waals surface area contributed by atoms with Crippen LogP contribution in [0, 0.1) is 17.8 Å². The second-order valence-electron chi connectivity index (χ2n) is 6.75. The molecule has 2 saturated heterocycles. The molecule has 0 spiro atoms. The number of nitrogens with one attached hydrogen (secondary N) is 1. The highest BCUT2D eigenvalue weighted by Gasteiger charge is 2.35. The fraction of sp³-hybridized carbons (Fsp3) is 1.00. The van der Waals surface area contributed by atoms with Crippen LogP contribution in [0.1, 0.15) is 45.4 Å². The van der Waals surface area contributed by atoms with E-state index in [1.54, 1.807) is 0 Å². The van der Waals surface area contributed by atoms with Crippen molar-refractivity contribution in [2.24, 2.45) is 17.8 Å². The number of nitrogens with zero attached hydrogens (tertiary/aromatic N) is 1. The van der Waals surface area contributed by atoms with Crippen molar-refractivity contribution in [1.82, 2.24) is 10.2 Å². The van der Waals surface area contributed by atoms with Crippen molar-refractivity contribution in [3.63, 3.8) is 0 Å². The van der Waals surface area contributed by atoms with Crippen LogP contribution in [-0.4, -0.2) is 37.1 Å². The summed E-state index contributed by atoms with van der Waals surface area (Å²) in [5.41, 5.74) is 0. The minimum absolute atomic E-state index is 0.878. The molecule has 3 rings (SSSR count). The number of hydrogen-bond donors (Lipinski definition) is 1. The minimum atomic E-state index is 0.878. The van der Waals surface area contributed by atoms with Gasteiger partial charge in [-0.1, -0.05) is 19.8 Å². The van der Waals surface area contributed by atoms with Gasteiger partial charge in [-0.05, 0) is 56.5 Å². The van der Waals surface area contributed by atoms with Gasteiger partial charge in [0.25, 0.3) is 0 Å². The monoisotopic (exact) mass is 236 g/mol. The fourth-order valence-electron chi connectivity index (χ4n) is 4.23. The van der Waals surface area contributed by atoms with Gasteiger partial charge in [0.2, 0.25) is 0 Å². The fourth-order valence-corrected chi connectivity index (χ4v) is 4.23. The number of piperidine rings is 1. The van der Waals surface area contributed by atoms with Gasteiger partial charge in [0.05, 0.1) is 0 Å². The molecule has 0 bridgehead atoms. The highest BCUT2D eigenvalue weighted by Crippen LogP contribution is 2.32. The summed E-state index contributed by atoms with van der Waals surface area (Å²) in [5, 5.41) is 3.60. The molecule has 0 amide bonds. The van der Waals surface area contributed by atoms with Crippen LogP contribution in [0.25, 0.3) is 0 Å². The SMILES string of the molecule is CC1CCC(CN2CCCC3CNCC32)CC1. The summed E-state index contributed by atoms with van der Waals surface area (Å²) in [5.74, 6) is 2.96. The molecule has 98 valence electrons. The standard InChI is InChI=1S/C15H28N2/c1-12-4-6-13(7-5-12)11-17-8-2-3-14-9-16-10-15(14)17/h12-16H,2-11H2,1H3. The normalized spacial score (nSPS) is 43.6. The van der Waals surface area contributed by atoms with E-state index in [9.17, 15) is 0 Å². The van der Waals surface area contributed by atoms with Gasteiger partial charge >= 0.3 is 0 Å². The summed E-state index contributed by atoms with van der Waals surface area (Å²) in [7, 11) is 0. The summed E-state index contributed by atoms with van der Waals surface area (Å²) < 4.78 is 0. The predicted molar refractivity (Wildman–Crippen MR) is 72.1 cm³/mol. The van der Waals surface area contributed by atoms with E-state index >= 15 is 0 Å². The van der Waals surface area contributed by atoms with E-state index in [2.05, 4.69) is 17.1 Å².